The molecule has 0 aromatic heterocycles. The van der Waals surface area contributed by atoms with Crippen molar-refractivity contribution in [3.05, 3.63) is 58.7 Å². The molecular weight excluding hydrogens is 464 g/mol. The molecule has 4 N–H and O–H groups in total. The highest BCUT2D eigenvalue weighted by molar-refractivity contribution is 6.26. The van der Waals surface area contributed by atoms with Crippen LogP contribution >= 0.6 is 0 Å². The summed E-state index contributed by atoms with van der Waals surface area (Å²) >= 11 is 0. The van der Waals surface area contributed by atoms with Crippen LogP contribution in [0.3, 0.4) is 0 Å². The minimum Gasteiger partial charge on any atom is -0.462 e. The minimum atomic E-state index is -1.52. The summed E-state index contributed by atoms with van der Waals surface area (Å²) in [6.07, 6.45) is -0.217. The van der Waals surface area contributed by atoms with Crippen molar-refractivity contribution in [2.24, 2.45) is 17.6 Å². The Morgan fingerprint density at radius 2 is 1.75 bits per heavy atom. The molecule has 3 aliphatic rings. The number of nitrogens with one attached hydrogen (secondary N) is 2. The van der Waals surface area contributed by atoms with Gasteiger partial charge in [0.05, 0.1) is 29.7 Å². The van der Waals surface area contributed by atoms with Gasteiger partial charge in [0.2, 0.25) is 23.6 Å². The average Bonchev–Trinajstić information content (AvgIpc) is 3.41. The lowest BCUT2D eigenvalue weighted by Gasteiger charge is -2.29. The molecule has 2 saturated heterocycles. The van der Waals surface area contributed by atoms with E-state index in [-0.39, 0.29) is 24.3 Å². The quantitative estimate of drug-likeness (QED) is 0.422. The molecule has 1 spiro atoms. The molecule has 0 radical (unpaired) electrons. The topological polar surface area (TPSA) is 148 Å². The third-order valence-electron chi connectivity index (χ3n) is 7.48. The van der Waals surface area contributed by atoms with Gasteiger partial charge in [0, 0.05) is 23.7 Å². The number of anilines is 2. The van der Waals surface area contributed by atoms with Gasteiger partial charge in [-0.05, 0) is 56.2 Å². The number of amides is 4. The van der Waals surface area contributed by atoms with Crippen LogP contribution in [-0.2, 0) is 29.5 Å². The summed E-state index contributed by atoms with van der Waals surface area (Å²) in [6, 6.07) is 8.75. The summed E-state index contributed by atoms with van der Waals surface area (Å²) in [7, 11) is 0. The van der Waals surface area contributed by atoms with Crippen LogP contribution in [0.25, 0.3) is 0 Å². The van der Waals surface area contributed by atoms with E-state index < -0.39 is 53.0 Å². The molecule has 2 fully saturated rings. The Morgan fingerprint density at radius 3 is 2.39 bits per heavy atom. The minimum absolute atomic E-state index is 0.214. The van der Waals surface area contributed by atoms with Crippen molar-refractivity contribution in [1.29, 1.82) is 0 Å². The Kier molecular flexibility index (Phi) is 5.44. The molecule has 3 heterocycles. The Bertz CT molecular complexity index is 1340. The fourth-order valence-corrected chi connectivity index (χ4v) is 5.73. The van der Waals surface area contributed by atoms with E-state index in [0.717, 1.165) is 16.0 Å². The lowest BCUT2D eigenvalue weighted by atomic mass is 9.76. The van der Waals surface area contributed by atoms with E-state index in [1.54, 1.807) is 13.0 Å². The van der Waals surface area contributed by atoms with Crippen LogP contribution < -0.4 is 21.3 Å². The summed E-state index contributed by atoms with van der Waals surface area (Å²) in [6.45, 7) is 5.70. The van der Waals surface area contributed by atoms with Gasteiger partial charge in [-0.1, -0.05) is 12.1 Å². The first-order chi connectivity index (χ1) is 17.1. The molecular formula is C26H26N4O6. The number of hydrogen-bond acceptors (Lipinski definition) is 7. The number of hydrogen-bond donors (Lipinski definition) is 3. The fourth-order valence-electron chi connectivity index (χ4n) is 5.73. The highest BCUT2D eigenvalue weighted by Crippen LogP contribution is 2.54. The normalized spacial score (nSPS) is 26.2. The van der Waals surface area contributed by atoms with Crippen molar-refractivity contribution in [3.63, 3.8) is 0 Å². The van der Waals surface area contributed by atoms with Crippen molar-refractivity contribution in [2.45, 2.75) is 38.8 Å². The molecule has 0 saturated carbocycles. The predicted octanol–water partition coefficient (Wildman–Crippen LogP) is 1.28. The van der Waals surface area contributed by atoms with Crippen molar-refractivity contribution in [2.75, 3.05) is 16.8 Å². The number of fused-ring (bicyclic) bond motifs is 4. The SMILES string of the molecule is CCOC(=O)c1ccc(N2C(=O)[C@H]3[C@H](CC(N)=O)N[C@@]4(C(=O)Nc5c4ccc(C)c5C)[C@@H]3C2=O)cc1. The molecule has 3 aliphatic heterocycles. The van der Waals surface area contributed by atoms with E-state index in [9.17, 15) is 24.0 Å². The lowest BCUT2D eigenvalue weighted by Crippen LogP contribution is -2.53. The van der Waals surface area contributed by atoms with Crippen LogP contribution in [0.4, 0.5) is 11.4 Å². The van der Waals surface area contributed by atoms with Gasteiger partial charge in [0.1, 0.15) is 5.54 Å². The largest absolute Gasteiger partial charge is 0.462 e. The number of nitrogens with zero attached hydrogens (tertiary/aromatic N) is 1. The van der Waals surface area contributed by atoms with Gasteiger partial charge in [-0.3, -0.25) is 24.5 Å². The molecule has 0 bridgehead atoms. The van der Waals surface area contributed by atoms with E-state index in [0.29, 0.717) is 11.3 Å². The Morgan fingerprint density at radius 1 is 1.06 bits per heavy atom. The molecule has 2 aromatic carbocycles. The molecule has 2 aromatic rings. The summed E-state index contributed by atoms with van der Waals surface area (Å²) in [5.41, 5.74) is 7.49. The third kappa shape index (κ3) is 3.17. The predicted molar refractivity (Wildman–Crippen MR) is 129 cm³/mol. The van der Waals surface area contributed by atoms with Gasteiger partial charge in [-0.15, -0.1) is 0 Å². The number of imide groups is 1. The second-order valence-electron chi connectivity index (χ2n) is 9.40. The molecule has 0 aliphatic carbocycles. The second-order valence-corrected chi connectivity index (χ2v) is 9.40. The van der Waals surface area contributed by atoms with Gasteiger partial charge in [0.15, 0.2) is 0 Å². The smallest absolute Gasteiger partial charge is 0.338 e. The number of aryl methyl sites for hydroxylation is 1. The van der Waals surface area contributed by atoms with Gasteiger partial charge >= 0.3 is 5.97 Å². The standard InChI is InChI=1S/C26H26N4O6/c1-4-36-24(34)14-6-8-15(9-7-14)30-22(32)19-17(11-18(27)31)29-26(20(19)23(30)33)16-10-5-12(2)13(3)21(16)28-25(26)35/h5-10,17,19-20,29H,4,11H2,1-3H3,(H2,27,31)(H,28,35)/t17-,19-,20-,26+/m0/s1. The maximum absolute atomic E-state index is 13.9. The maximum atomic E-state index is 13.9. The van der Waals surface area contributed by atoms with Crippen LogP contribution in [0.2, 0.25) is 0 Å². The molecule has 10 nitrogen and oxygen atoms in total. The first-order valence-electron chi connectivity index (χ1n) is 11.7. The lowest BCUT2D eigenvalue weighted by molar-refractivity contribution is -0.130. The number of carbonyl (C=O) groups excluding carboxylic acids is 5. The second kappa shape index (κ2) is 8.27. The van der Waals surface area contributed by atoms with E-state index in [1.807, 2.05) is 19.9 Å². The van der Waals surface area contributed by atoms with E-state index >= 15 is 0 Å². The number of ether oxygens (including phenoxy) is 1. The zero-order chi connectivity index (χ0) is 25.9. The summed E-state index contributed by atoms with van der Waals surface area (Å²) < 4.78 is 4.99. The first kappa shape index (κ1) is 23.7. The molecule has 5 rings (SSSR count). The van der Waals surface area contributed by atoms with Crippen LogP contribution in [-0.4, -0.2) is 42.2 Å². The number of carbonyl (C=O) groups is 5. The van der Waals surface area contributed by atoms with Gasteiger partial charge in [-0.2, -0.15) is 0 Å². The van der Waals surface area contributed by atoms with E-state index in [2.05, 4.69) is 10.6 Å². The zero-order valence-corrected chi connectivity index (χ0v) is 20.1. The number of rotatable bonds is 5. The summed E-state index contributed by atoms with van der Waals surface area (Å²) in [4.78, 5) is 66.1. The average molecular weight is 491 g/mol. The fraction of sp³-hybridized carbons (Fsp3) is 0.346. The van der Waals surface area contributed by atoms with Crippen LogP contribution in [0, 0.1) is 25.7 Å². The van der Waals surface area contributed by atoms with Crippen molar-refractivity contribution in [1.82, 2.24) is 5.32 Å². The van der Waals surface area contributed by atoms with Crippen molar-refractivity contribution in [3.8, 4) is 0 Å². The highest BCUT2D eigenvalue weighted by atomic mass is 16.5. The van der Waals surface area contributed by atoms with E-state index in [4.69, 9.17) is 10.5 Å². The van der Waals surface area contributed by atoms with E-state index in [1.165, 1.54) is 24.3 Å². The molecule has 186 valence electrons. The van der Waals surface area contributed by atoms with Crippen LogP contribution in [0.15, 0.2) is 36.4 Å². The Hall–Kier alpha value is -4.05. The van der Waals surface area contributed by atoms with Gasteiger partial charge in [-0.25, -0.2) is 9.69 Å². The highest BCUT2D eigenvalue weighted by Gasteiger charge is 2.70. The number of esters is 1. The monoisotopic (exact) mass is 490 g/mol. The third-order valence-corrected chi connectivity index (χ3v) is 7.48. The van der Waals surface area contributed by atoms with Crippen molar-refractivity contribution < 1.29 is 28.7 Å². The maximum Gasteiger partial charge on any atom is 0.338 e. The van der Waals surface area contributed by atoms with Gasteiger partial charge in [0.25, 0.3) is 0 Å². The number of nitrogens with two attached hydrogens (primary N) is 1. The summed E-state index contributed by atoms with van der Waals surface area (Å²) in [5.74, 6) is -4.78. The van der Waals surface area contributed by atoms with Crippen LogP contribution in [0.1, 0.15) is 40.4 Å². The Labute approximate surface area is 207 Å². The van der Waals surface area contributed by atoms with Crippen LogP contribution in [0.5, 0.6) is 0 Å². The molecule has 10 heteroatoms. The molecule has 36 heavy (non-hydrogen) atoms. The first-order valence-corrected chi connectivity index (χ1v) is 11.7. The number of benzene rings is 2. The molecule has 0 unspecified atom stereocenters. The molecule has 4 amide bonds. The number of primary amides is 1. The Balaban J connectivity index is 1.60. The van der Waals surface area contributed by atoms with Crippen molar-refractivity contribution >= 4 is 41.0 Å². The zero-order valence-electron chi connectivity index (χ0n) is 20.1. The summed E-state index contributed by atoms with van der Waals surface area (Å²) in [5, 5.41) is 6.08. The molecule has 4 atom stereocenters. The van der Waals surface area contributed by atoms with Gasteiger partial charge < -0.3 is 15.8 Å².